The Bertz CT molecular complexity index is 583. The van der Waals surface area contributed by atoms with Crippen molar-refractivity contribution in [3.8, 4) is 0 Å². The third kappa shape index (κ3) is 2.41. The molecule has 4 nitrogen and oxygen atoms in total. The van der Waals surface area contributed by atoms with Crippen molar-refractivity contribution in [2.45, 2.75) is 6.92 Å². The summed E-state index contributed by atoms with van der Waals surface area (Å²) in [6.07, 6.45) is 1.82. The highest BCUT2D eigenvalue weighted by Crippen LogP contribution is 2.17. The van der Waals surface area contributed by atoms with E-state index in [1.165, 1.54) is 5.69 Å². The molecule has 1 N–H and O–H groups in total. The largest absolute Gasteiger partial charge is 0.368 e. The quantitative estimate of drug-likeness (QED) is 0.908. The second-order valence-electron chi connectivity index (χ2n) is 5.13. The Morgan fingerprint density at radius 1 is 1.05 bits per heavy atom. The van der Waals surface area contributed by atoms with Crippen LogP contribution in [0.4, 0.5) is 5.69 Å². The van der Waals surface area contributed by atoms with Crippen molar-refractivity contribution in [2.24, 2.45) is 0 Å². The number of para-hydroxylation sites is 1. The molecule has 3 rings (SSSR count). The monoisotopic (exact) mass is 269 g/mol. The first-order valence-electron chi connectivity index (χ1n) is 6.99. The van der Waals surface area contributed by atoms with E-state index in [2.05, 4.69) is 34.1 Å². The maximum atomic E-state index is 12.4. The summed E-state index contributed by atoms with van der Waals surface area (Å²) in [6.45, 7) is 5.27. The van der Waals surface area contributed by atoms with Crippen molar-refractivity contribution >= 4 is 11.6 Å². The molecule has 1 aliphatic heterocycles. The van der Waals surface area contributed by atoms with E-state index in [0.717, 1.165) is 37.4 Å². The lowest BCUT2D eigenvalue weighted by atomic mass is 10.2. The Labute approximate surface area is 119 Å². The van der Waals surface area contributed by atoms with Gasteiger partial charge in [0.15, 0.2) is 0 Å². The maximum Gasteiger partial charge on any atom is 0.255 e. The normalized spacial score (nSPS) is 15.4. The molecule has 1 aromatic carbocycles. The number of aryl methyl sites for hydroxylation is 1. The molecule has 2 heterocycles. The molecule has 0 saturated carbocycles. The van der Waals surface area contributed by atoms with Crippen molar-refractivity contribution in [2.75, 3.05) is 31.1 Å². The maximum absolute atomic E-state index is 12.4. The number of hydrogen-bond acceptors (Lipinski definition) is 2. The van der Waals surface area contributed by atoms with Gasteiger partial charge < -0.3 is 14.8 Å². The lowest BCUT2D eigenvalue weighted by Crippen LogP contribution is -2.48. The Morgan fingerprint density at radius 2 is 1.75 bits per heavy atom. The minimum absolute atomic E-state index is 0.136. The van der Waals surface area contributed by atoms with E-state index in [1.54, 1.807) is 0 Å². The SMILES string of the molecule is Cc1[nH]ccc1C(=O)N1CCN(c2ccccc2)CC1. The van der Waals surface area contributed by atoms with Gasteiger partial charge in [-0.2, -0.15) is 0 Å². The van der Waals surface area contributed by atoms with Gasteiger partial charge >= 0.3 is 0 Å². The van der Waals surface area contributed by atoms with Crippen molar-refractivity contribution in [1.29, 1.82) is 0 Å². The Hall–Kier alpha value is -2.23. The lowest BCUT2D eigenvalue weighted by Gasteiger charge is -2.36. The van der Waals surface area contributed by atoms with Crippen LogP contribution in [0.3, 0.4) is 0 Å². The zero-order valence-corrected chi connectivity index (χ0v) is 11.7. The standard InChI is InChI=1S/C16H19N3O/c1-13-15(7-8-17-13)16(20)19-11-9-18(10-12-19)14-5-3-2-4-6-14/h2-8,17H,9-12H2,1H3. The number of amides is 1. The van der Waals surface area contributed by atoms with Crippen LogP contribution in [-0.4, -0.2) is 42.0 Å². The van der Waals surface area contributed by atoms with Crippen molar-refractivity contribution in [3.05, 3.63) is 53.9 Å². The summed E-state index contributed by atoms with van der Waals surface area (Å²) < 4.78 is 0. The molecule has 1 aromatic heterocycles. The third-order valence-electron chi connectivity index (χ3n) is 3.87. The molecule has 2 aromatic rings. The highest BCUT2D eigenvalue weighted by Gasteiger charge is 2.23. The fourth-order valence-corrected chi connectivity index (χ4v) is 2.66. The molecule has 0 aliphatic carbocycles. The van der Waals surface area contributed by atoms with E-state index in [1.807, 2.05) is 30.2 Å². The highest BCUT2D eigenvalue weighted by molar-refractivity contribution is 5.95. The summed E-state index contributed by atoms with van der Waals surface area (Å²) in [5, 5.41) is 0. The zero-order chi connectivity index (χ0) is 13.9. The molecule has 0 bridgehead atoms. The molecule has 20 heavy (non-hydrogen) atoms. The fourth-order valence-electron chi connectivity index (χ4n) is 2.66. The molecule has 0 spiro atoms. The second kappa shape index (κ2) is 5.41. The van der Waals surface area contributed by atoms with Crippen LogP contribution in [0.15, 0.2) is 42.6 Å². The highest BCUT2D eigenvalue weighted by atomic mass is 16.2. The minimum Gasteiger partial charge on any atom is -0.368 e. The Kier molecular flexibility index (Phi) is 3.46. The predicted molar refractivity (Wildman–Crippen MR) is 80.1 cm³/mol. The van der Waals surface area contributed by atoms with Gasteiger partial charge in [0.2, 0.25) is 0 Å². The van der Waals surface area contributed by atoms with Gasteiger partial charge in [-0.3, -0.25) is 4.79 Å². The van der Waals surface area contributed by atoms with Gasteiger partial charge in [0.25, 0.3) is 5.91 Å². The molecule has 1 amide bonds. The first kappa shape index (κ1) is 12.8. The number of H-pyrrole nitrogens is 1. The topological polar surface area (TPSA) is 39.3 Å². The number of carbonyl (C=O) groups is 1. The molecule has 104 valence electrons. The lowest BCUT2D eigenvalue weighted by molar-refractivity contribution is 0.0746. The summed E-state index contributed by atoms with van der Waals surface area (Å²) in [6, 6.07) is 12.2. The minimum atomic E-state index is 0.136. The Morgan fingerprint density at radius 3 is 2.35 bits per heavy atom. The van der Waals surface area contributed by atoms with Crippen LogP contribution in [0.5, 0.6) is 0 Å². The summed E-state index contributed by atoms with van der Waals surface area (Å²) in [5.74, 6) is 0.136. The molecule has 0 atom stereocenters. The molecule has 0 unspecified atom stereocenters. The van der Waals surface area contributed by atoms with E-state index in [0.29, 0.717) is 0 Å². The number of benzene rings is 1. The summed E-state index contributed by atoms with van der Waals surface area (Å²) >= 11 is 0. The molecule has 4 heteroatoms. The molecular weight excluding hydrogens is 250 g/mol. The Balaban J connectivity index is 1.64. The number of hydrogen-bond donors (Lipinski definition) is 1. The first-order chi connectivity index (χ1) is 9.75. The summed E-state index contributed by atoms with van der Waals surface area (Å²) in [4.78, 5) is 19.7. The number of aromatic amines is 1. The smallest absolute Gasteiger partial charge is 0.255 e. The third-order valence-corrected chi connectivity index (χ3v) is 3.87. The van der Waals surface area contributed by atoms with Crippen LogP contribution in [0.25, 0.3) is 0 Å². The number of rotatable bonds is 2. The summed E-state index contributed by atoms with van der Waals surface area (Å²) in [5.41, 5.74) is 2.97. The van der Waals surface area contributed by atoms with E-state index in [-0.39, 0.29) is 5.91 Å². The second-order valence-corrected chi connectivity index (χ2v) is 5.13. The van der Waals surface area contributed by atoms with Crippen LogP contribution in [0.1, 0.15) is 16.1 Å². The van der Waals surface area contributed by atoms with E-state index in [9.17, 15) is 4.79 Å². The number of piperazine rings is 1. The number of carbonyl (C=O) groups excluding carboxylic acids is 1. The number of nitrogens with one attached hydrogen (secondary N) is 1. The van der Waals surface area contributed by atoms with E-state index in [4.69, 9.17) is 0 Å². The van der Waals surface area contributed by atoms with Crippen molar-refractivity contribution in [1.82, 2.24) is 9.88 Å². The first-order valence-corrected chi connectivity index (χ1v) is 6.99. The van der Waals surface area contributed by atoms with E-state index < -0.39 is 0 Å². The fraction of sp³-hybridized carbons (Fsp3) is 0.312. The molecule has 1 saturated heterocycles. The van der Waals surface area contributed by atoms with Crippen LogP contribution >= 0.6 is 0 Å². The zero-order valence-electron chi connectivity index (χ0n) is 11.7. The average Bonchev–Trinajstić information content (AvgIpc) is 2.94. The van der Waals surface area contributed by atoms with Gasteiger partial charge in [0.05, 0.1) is 5.56 Å². The van der Waals surface area contributed by atoms with Gasteiger partial charge in [-0.25, -0.2) is 0 Å². The van der Waals surface area contributed by atoms with Crippen LogP contribution < -0.4 is 4.90 Å². The van der Waals surface area contributed by atoms with Gasteiger partial charge in [0, 0.05) is 43.8 Å². The molecular formula is C16H19N3O. The van der Waals surface area contributed by atoms with Crippen LogP contribution in [-0.2, 0) is 0 Å². The van der Waals surface area contributed by atoms with Crippen LogP contribution in [0, 0.1) is 6.92 Å². The van der Waals surface area contributed by atoms with Crippen LogP contribution in [0.2, 0.25) is 0 Å². The predicted octanol–water partition coefficient (Wildman–Crippen LogP) is 2.29. The number of aromatic nitrogens is 1. The van der Waals surface area contributed by atoms with Gasteiger partial charge in [0.1, 0.15) is 0 Å². The number of nitrogens with zero attached hydrogens (tertiary/aromatic N) is 2. The van der Waals surface area contributed by atoms with Gasteiger partial charge in [-0.05, 0) is 25.1 Å². The van der Waals surface area contributed by atoms with Crippen molar-refractivity contribution < 1.29 is 4.79 Å². The molecule has 1 aliphatic rings. The van der Waals surface area contributed by atoms with Gasteiger partial charge in [-0.15, -0.1) is 0 Å². The van der Waals surface area contributed by atoms with Crippen molar-refractivity contribution in [3.63, 3.8) is 0 Å². The van der Waals surface area contributed by atoms with E-state index >= 15 is 0 Å². The molecule has 0 radical (unpaired) electrons. The number of anilines is 1. The average molecular weight is 269 g/mol. The summed E-state index contributed by atoms with van der Waals surface area (Å²) in [7, 11) is 0. The molecule has 1 fully saturated rings. The van der Waals surface area contributed by atoms with Gasteiger partial charge in [-0.1, -0.05) is 18.2 Å².